The van der Waals surface area contributed by atoms with Gasteiger partial charge in [0.05, 0.1) is 5.52 Å². The summed E-state index contributed by atoms with van der Waals surface area (Å²) in [5.41, 5.74) is 4.38. The number of aryl methyl sites for hydroxylation is 2. The molecule has 1 aromatic heterocycles. The zero-order valence-corrected chi connectivity index (χ0v) is 12.7. The van der Waals surface area contributed by atoms with Gasteiger partial charge in [-0.2, -0.15) is 0 Å². The third-order valence-electron chi connectivity index (χ3n) is 4.46. The van der Waals surface area contributed by atoms with E-state index in [0.717, 1.165) is 25.9 Å². The van der Waals surface area contributed by atoms with E-state index in [1.165, 1.54) is 41.7 Å². The van der Waals surface area contributed by atoms with Crippen molar-refractivity contribution in [3.8, 4) is 0 Å². The molecule has 1 aromatic carbocycles. The molecule has 1 aliphatic heterocycles. The molecule has 108 valence electrons. The highest BCUT2D eigenvalue weighted by Crippen LogP contribution is 2.25. The third-order valence-corrected chi connectivity index (χ3v) is 4.46. The number of aromatic nitrogens is 1. The molecule has 1 saturated heterocycles. The first-order chi connectivity index (χ1) is 9.79. The summed E-state index contributed by atoms with van der Waals surface area (Å²) in [5.74, 6) is 0. The fraction of sp³-hybridized carbons (Fsp3) is 0.529. The predicted octanol–water partition coefficient (Wildman–Crippen LogP) is 2.19. The summed E-state index contributed by atoms with van der Waals surface area (Å²) in [6.45, 7) is 8.06. The lowest BCUT2D eigenvalue weighted by atomic mass is 10.1. The van der Waals surface area contributed by atoms with Crippen molar-refractivity contribution in [1.29, 1.82) is 0 Å². The third kappa shape index (κ3) is 2.60. The van der Waals surface area contributed by atoms with Gasteiger partial charge >= 0.3 is 0 Å². The SMILES string of the molecule is CCc1cccc2c(CCN3CCNCC3)cn(C)c12. The van der Waals surface area contributed by atoms with Crippen molar-refractivity contribution in [3.63, 3.8) is 0 Å². The summed E-state index contributed by atoms with van der Waals surface area (Å²) >= 11 is 0. The highest BCUT2D eigenvalue weighted by Gasteiger charge is 2.12. The van der Waals surface area contributed by atoms with E-state index in [0.29, 0.717) is 0 Å². The van der Waals surface area contributed by atoms with Crippen molar-refractivity contribution < 1.29 is 0 Å². The summed E-state index contributed by atoms with van der Waals surface area (Å²) < 4.78 is 2.31. The predicted molar refractivity (Wildman–Crippen MR) is 85.3 cm³/mol. The largest absolute Gasteiger partial charge is 0.350 e. The van der Waals surface area contributed by atoms with E-state index in [1.54, 1.807) is 0 Å². The molecule has 20 heavy (non-hydrogen) atoms. The highest BCUT2D eigenvalue weighted by atomic mass is 15.2. The van der Waals surface area contributed by atoms with Gasteiger partial charge in [-0.25, -0.2) is 0 Å². The first-order valence-electron chi connectivity index (χ1n) is 7.78. The normalized spacial score (nSPS) is 16.9. The van der Waals surface area contributed by atoms with E-state index in [1.807, 2.05) is 0 Å². The summed E-state index contributed by atoms with van der Waals surface area (Å²) in [7, 11) is 2.18. The van der Waals surface area contributed by atoms with Gasteiger partial charge in [-0.15, -0.1) is 0 Å². The number of nitrogens with one attached hydrogen (secondary N) is 1. The first kappa shape index (κ1) is 13.7. The van der Waals surface area contributed by atoms with Crippen molar-refractivity contribution in [2.45, 2.75) is 19.8 Å². The lowest BCUT2D eigenvalue weighted by Gasteiger charge is -2.26. The molecule has 3 rings (SSSR count). The molecule has 3 nitrogen and oxygen atoms in total. The van der Waals surface area contributed by atoms with Gasteiger partial charge in [0, 0.05) is 51.4 Å². The minimum absolute atomic E-state index is 1.10. The maximum Gasteiger partial charge on any atom is 0.0512 e. The van der Waals surface area contributed by atoms with E-state index in [9.17, 15) is 0 Å². The molecule has 0 unspecified atom stereocenters. The molecule has 0 radical (unpaired) electrons. The molecule has 0 spiro atoms. The average molecular weight is 271 g/mol. The second kappa shape index (κ2) is 5.98. The second-order valence-corrected chi connectivity index (χ2v) is 5.77. The Bertz CT molecular complexity index is 579. The van der Waals surface area contributed by atoms with Crippen LogP contribution in [0, 0.1) is 0 Å². The van der Waals surface area contributed by atoms with Gasteiger partial charge in [0.2, 0.25) is 0 Å². The number of fused-ring (bicyclic) bond motifs is 1. The number of hydrogen-bond donors (Lipinski definition) is 1. The lowest BCUT2D eigenvalue weighted by Crippen LogP contribution is -2.44. The van der Waals surface area contributed by atoms with Crippen molar-refractivity contribution in [1.82, 2.24) is 14.8 Å². The summed E-state index contributed by atoms with van der Waals surface area (Å²) in [6, 6.07) is 6.74. The molecule has 0 aliphatic carbocycles. The smallest absolute Gasteiger partial charge is 0.0512 e. The van der Waals surface area contributed by atoms with Gasteiger partial charge in [0.15, 0.2) is 0 Å². The van der Waals surface area contributed by atoms with Crippen LogP contribution in [-0.4, -0.2) is 42.2 Å². The van der Waals surface area contributed by atoms with Gasteiger partial charge in [0.1, 0.15) is 0 Å². The molecule has 0 amide bonds. The van der Waals surface area contributed by atoms with Crippen molar-refractivity contribution in [2.24, 2.45) is 7.05 Å². The van der Waals surface area contributed by atoms with Gasteiger partial charge in [0.25, 0.3) is 0 Å². The van der Waals surface area contributed by atoms with Crippen LogP contribution in [0.3, 0.4) is 0 Å². The molecule has 0 atom stereocenters. The average Bonchev–Trinajstić information content (AvgIpc) is 2.83. The van der Waals surface area contributed by atoms with E-state index in [2.05, 4.69) is 53.2 Å². The fourth-order valence-corrected chi connectivity index (χ4v) is 3.33. The zero-order chi connectivity index (χ0) is 13.9. The van der Waals surface area contributed by atoms with E-state index in [-0.39, 0.29) is 0 Å². The van der Waals surface area contributed by atoms with Crippen molar-refractivity contribution >= 4 is 10.9 Å². The minimum atomic E-state index is 1.10. The maximum absolute atomic E-state index is 3.42. The maximum atomic E-state index is 3.42. The highest BCUT2D eigenvalue weighted by molar-refractivity contribution is 5.86. The van der Waals surface area contributed by atoms with E-state index in [4.69, 9.17) is 0 Å². The number of hydrogen-bond acceptors (Lipinski definition) is 2. The van der Waals surface area contributed by atoms with E-state index < -0.39 is 0 Å². The second-order valence-electron chi connectivity index (χ2n) is 5.77. The first-order valence-corrected chi connectivity index (χ1v) is 7.78. The Hall–Kier alpha value is -1.32. The summed E-state index contributed by atoms with van der Waals surface area (Å²) in [4.78, 5) is 2.57. The molecule has 1 aliphatic rings. The number of rotatable bonds is 4. The van der Waals surface area contributed by atoms with Crippen LogP contribution in [0.2, 0.25) is 0 Å². The molecular formula is C17H25N3. The Kier molecular flexibility index (Phi) is 4.08. The molecule has 2 heterocycles. The molecule has 0 saturated carbocycles. The molecule has 2 aromatic rings. The Labute approximate surface area is 121 Å². The molecule has 1 fully saturated rings. The van der Waals surface area contributed by atoms with Crippen LogP contribution in [0.1, 0.15) is 18.1 Å². The van der Waals surface area contributed by atoms with Crippen LogP contribution in [0.4, 0.5) is 0 Å². The monoisotopic (exact) mass is 271 g/mol. The Morgan fingerprint density at radius 2 is 1.95 bits per heavy atom. The number of para-hydroxylation sites is 1. The van der Waals surface area contributed by atoms with Crippen LogP contribution < -0.4 is 5.32 Å². The number of piperazine rings is 1. The Balaban J connectivity index is 1.81. The summed E-state index contributed by atoms with van der Waals surface area (Å²) in [6.07, 6.45) is 4.59. The Morgan fingerprint density at radius 1 is 1.15 bits per heavy atom. The quantitative estimate of drug-likeness (QED) is 0.920. The van der Waals surface area contributed by atoms with Crippen molar-refractivity contribution in [3.05, 3.63) is 35.5 Å². The molecular weight excluding hydrogens is 246 g/mol. The molecule has 0 bridgehead atoms. The minimum Gasteiger partial charge on any atom is -0.350 e. The number of benzene rings is 1. The van der Waals surface area contributed by atoms with Crippen molar-refractivity contribution in [2.75, 3.05) is 32.7 Å². The van der Waals surface area contributed by atoms with Crippen LogP contribution in [0.15, 0.2) is 24.4 Å². The van der Waals surface area contributed by atoms with Crippen LogP contribution in [0.5, 0.6) is 0 Å². The summed E-state index contributed by atoms with van der Waals surface area (Å²) in [5, 5.41) is 4.86. The van der Waals surface area contributed by atoms with Gasteiger partial charge in [-0.3, -0.25) is 0 Å². The zero-order valence-electron chi connectivity index (χ0n) is 12.7. The lowest BCUT2D eigenvalue weighted by molar-refractivity contribution is 0.244. The van der Waals surface area contributed by atoms with Crippen LogP contribution >= 0.6 is 0 Å². The van der Waals surface area contributed by atoms with Gasteiger partial charge in [-0.1, -0.05) is 25.1 Å². The standard InChI is InChI=1S/C17H25N3/c1-3-14-5-4-6-16-15(13-19(2)17(14)16)7-10-20-11-8-18-9-12-20/h4-6,13,18H,3,7-12H2,1-2H3. The fourth-order valence-electron chi connectivity index (χ4n) is 3.33. The number of nitrogens with zero attached hydrogens (tertiary/aromatic N) is 2. The molecule has 1 N–H and O–H groups in total. The van der Waals surface area contributed by atoms with Gasteiger partial charge < -0.3 is 14.8 Å². The van der Waals surface area contributed by atoms with Crippen LogP contribution in [0.25, 0.3) is 10.9 Å². The topological polar surface area (TPSA) is 20.2 Å². The van der Waals surface area contributed by atoms with Gasteiger partial charge in [-0.05, 0) is 24.0 Å². The Morgan fingerprint density at radius 3 is 2.70 bits per heavy atom. The molecule has 3 heteroatoms. The van der Waals surface area contributed by atoms with Crippen LogP contribution in [-0.2, 0) is 19.9 Å². The van der Waals surface area contributed by atoms with E-state index >= 15 is 0 Å².